The minimum Gasteiger partial charge on any atom is -0.289 e. The van der Waals surface area contributed by atoms with E-state index in [9.17, 15) is 0 Å². The topological polar surface area (TPSA) is 50.5 Å². The first-order chi connectivity index (χ1) is 10.9. The first-order valence-electron chi connectivity index (χ1n) is 7.76. The fraction of sp³-hybridized carbons (Fsp3) is 0.333. The summed E-state index contributed by atoms with van der Waals surface area (Å²) in [7, 11) is 0. The van der Waals surface area contributed by atoms with Gasteiger partial charge in [-0.05, 0) is 37.8 Å². The van der Waals surface area contributed by atoms with Crippen molar-refractivity contribution in [2.24, 2.45) is 9.98 Å². The summed E-state index contributed by atoms with van der Waals surface area (Å²) in [4.78, 5) is 17.6. The monoisotopic (exact) mass is 292 g/mol. The first-order valence-corrected chi connectivity index (χ1v) is 7.76. The van der Waals surface area contributed by atoms with Crippen LogP contribution in [0.1, 0.15) is 36.8 Å². The van der Waals surface area contributed by atoms with E-state index in [0.29, 0.717) is 12.1 Å². The Kier molecular flexibility index (Phi) is 5.03. The van der Waals surface area contributed by atoms with Gasteiger partial charge in [-0.1, -0.05) is 12.1 Å². The van der Waals surface area contributed by atoms with E-state index >= 15 is 0 Å². The Labute approximate surface area is 131 Å². The minimum atomic E-state index is 0.421. The number of pyridine rings is 2. The molecule has 4 nitrogen and oxygen atoms in total. The first kappa shape index (κ1) is 14.6. The van der Waals surface area contributed by atoms with Crippen LogP contribution in [0.4, 0.5) is 0 Å². The smallest absolute Gasteiger partial charge is 0.0501 e. The van der Waals surface area contributed by atoms with Gasteiger partial charge in [0.1, 0.15) is 0 Å². The van der Waals surface area contributed by atoms with Crippen molar-refractivity contribution >= 4 is 12.4 Å². The summed E-state index contributed by atoms with van der Waals surface area (Å²) < 4.78 is 0. The van der Waals surface area contributed by atoms with Crippen LogP contribution in [0.2, 0.25) is 0 Å². The molecule has 0 amide bonds. The largest absolute Gasteiger partial charge is 0.289 e. The molecular weight excluding hydrogens is 272 g/mol. The van der Waals surface area contributed by atoms with Crippen LogP contribution < -0.4 is 0 Å². The number of hydrogen-bond donors (Lipinski definition) is 0. The molecule has 0 aliphatic heterocycles. The second-order valence-electron chi connectivity index (χ2n) is 5.59. The minimum absolute atomic E-state index is 0.421. The highest BCUT2D eigenvalue weighted by atomic mass is 14.8. The summed E-state index contributed by atoms with van der Waals surface area (Å²) >= 11 is 0. The average molecular weight is 292 g/mol. The van der Waals surface area contributed by atoms with Gasteiger partial charge in [-0.25, -0.2) is 0 Å². The van der Waals surface area contributed by atoms with Crippen LogP contribution in [0.15, 0.2) is 59.0 Å². The van der Waals surface area contributed by atoms with Gasteiger partial charge in [0.05, 0.1) is 12.1 Å². The van der Waals surface area contributed by atoms with Gasteiger partial charge >= 0.3 is 0 Å². The average Bonchev–Trinajstić information content (AvgIpc) is 2.61. The highest BCUT2D eigenvalue weighted by Crippen LogP contribution is 2.23. The molecule has 0 radical (unpaired) electrons. The SMILES string of the molecule is C(=NC1CCC(N=Cc2cccnc2)CC1)c1cccnc1. The van der Waals surface area contributed by atoms with Gasteiger partial charge in [-0.3, -0.25) is 20.0 Å². The zero-order chi connectivity index (χ0) is 15.0. The van der Waals surface area contributed by atoms with Gasteiger partial charge in [-0.15, -0.1) is 0 Å². The Morgan fingerprint density at radius 2 is 1.23 bits per heavy atom. The van der Waals surface area contributed by atoms with Gasteiger partial charge < -0.3 is 0 Å². The van der Waals surface area contributed by atoms with Crippen molar-refractivity contribution < 1.29 is 0 Å². The van der Waals surface area contributed by atoms with Crippen LogP contribution in [0.3, 0.4) is 0 Å². The van der Waals surface area contributed by atoms with E-state index < -0.39 is 0 Å². The third-order valence-corrected chi connectivity index (χ3v) is 3.90. The van der Waals surface area contributed by atoms with Gasteiger partial charge in [0.2, 0.25) is 0 Å². The standard InChI is InChI=1S/C18H20N4/c1-3-15(11-19-9-1)13-21-17-5-7-18(8-6-17)22-14-16-4-2-10-20-12-16/h1-4,9-14,17-18H,5-8H2. The van der Waals surface area contributed by atoms with Crippen LogP contribution in [0.5, 0.6) is 0 Å². The Morgan fingerprint density at radius 3 is 1.59 bits per heavy atom. The van der Waals surface area contributed by atoms with E-state index in [2.05, 4.69) is 20.0 Å². The van der Waals surface area contributed by atoms with Crippen molar-refractivity contribution in [1.82, 2.24) is 9.97 Å². The lowest BCUT2D eigenvalue weighted by molar-refractivity contribution is 0.399. The molecule has 1 aliphatic rings. The van der Waals surface area contributed by atoms with Crippen LogP contribution in [-0.2, 0) is 0 Å². The zero-order valence-electron chi connectivity index (χ0n) is 12.5. The van der Waals surface area contributed by atoms with E-state index in [0.717, 1.165) is 36.8 Å². The molecule has 1 saturated carbocycles. The number of hydrogen-bond acceptors (Lipinski definition) is 4. The third kappa shape index (κ3) is 4.32. The van der Waals surface area contributed by atoms with Gasteiger partial charge in [0, 0.05) is 48.3 Å². The zero-order valence-corrected chi connectivity index (χ0v) is 12.5. The van der Waals surface area contributed by atoms with E-state index in [1.807, 2.05) is 49.1 Å². The predicted octanol–water partition coefficient (Wildman–Crippen LogP) is 3.33. The van der Waals surface area contributed by atoms with Gasteiger partial charge in [0.15, 0.2) is 0 Å². The quantitative estimate of drug-likeness (QED) is 0.812. The van der Waals surface area contributed by atoms with Crippen LogP contribution in [0, 0.1) is 0 Å². The molecule has 0 unspecified atom stereocenters. The summed E-state index contributed by atoms with van der Waals surface area (Å²) in [5, 5.41) is 0. The van der Waals surface area contributed by atoms with Crippen molar-refractivity contribution in [3.05, 3.63) is 60.2 Å². The molecule has 0 saturated heterocycles. The molecule has 2 heterocycles. The molecule has 112 valence electrons. The fourth-order valence-corrected chi connectivity index (χ4v) is 2.64. The van der Waals surface area contributed by atoms with Crippen molar-refractivity contribution in [2.45, 2.75) is 37.8 Å². The Balaban J connectivity index is 1.48. The lowest BCUT2D eigenvalue weighted by Crippen LogP contribution is -2.20. The van der Waals surface area contributed by atoms with E-state index in [1.54, 1.807) is 12.4 Å². The molecule has 3 rings (SSSR count). The number of nitrogens with zero attached hydrogens (tertiary/aromatic N) is 4. The maximum Gasteiger partial charge on any atom is 0.0501 e. The molecule has 4 heteroatoms. The van der Waals surface area contributed by atoms with E-state index in [1.165, 1.54) is 0 Å². The van der Waals surface area contributed by atoms with Crippen LogP contribution >= 0.6 is 0 Å². The van der Waals surface area contributed by atoms with Crippen molar-refractivity contribution in [3.63, 3.8) is 0 Å². The number of aromatic nitrogens is 2. The third-order valence-electron chi connectivity index (χ3n) is 3.90. The molecule has 0 atom stereocenters. The van der Waals surface area contributed by atoms with Crippen molar-refractivity contribution in [2.75, 3.05) is 0 Å². The molecule has 0 bridgehead atoms. The van der Waals surface area contributed by atoms with Crippen LogP contribution in [0.25, 0.3) is 0 Å². The van der Waals surface area contributed by atoms with E-state index in [4.69, 9.17) is 0 Å². The second-order valence-corrected chi connectivity index (χ2v) is 5.59. The summed E-state index contributed by atoms with van der Waals surface area (Å²) in [5.74, 6) is 0. The highest BCUT2D eigenvalue weighted by Gasteiger charge is 2.19. The van der Waals surface area contributed by atoms with Crippen molar-refractivity contribution in [3.8, 4) is 0 Å². The normalized spacial score (nSPS) is 22.4. The molecule has 22 heavy (non-hydrogen) atoms. The predicted molar refractivity (Wildman–Crippen MR) is 89.7 cm³/mol. The lowest BCUT2D eigenvalue weighted by Gasteiger charge is -2.23. The molecule has 2 aromatic heterocycles. The Morgan fingerprint density at radius 1 is 0.773 bits per heavy atom. The summed E-state index contributed by atoms with van der Waals surface area (Å²) in [5.41, 5.74) is 2.14. The molecule has 0 aromatic carbocycles. The molecule has 0 N–H and O–H groups in total. The Bertz CT molecular complexity index is 557. The molecular formula is C18H20N4. The number of rotatable bonds is 4. The Hall–Kier alpha value is -2.36. The van der Waals surface area contributed by atoms with Gasteiger partial charge in [0.25, 0.3) is 0 Å². The second kappa shape index (κ2) is 7.59. The molecule has 1 aliphatic carbocycles. The molecule has 1 fully saturated rings. The maximum atomic E-state index is 4.68. The highest BCUT2D eigenvalue weighted by molar-refractivity contribution is 5.79. The van der Waals surface area contributed by atoms with E-state index in [-0.39, 0.29) is 0 Å². The van der Waals surface area contributed by atoms with Gasteiger partial charge in [-0.2, -0.15) is 0 Å². The maximum absolute atomic E-state index is 4.68. The molecule has 2 aromatic rings. The summed E-state index contributed by atoms with van der Waals surface area (Å²) in [6.45, 7) is 0. The fourth-order valence-electron chi connectivity index (χ4n) is 2.64. The number of aliphatic imine (C=N–C) groups is 2. The summed E-state index contributed by atoms with van der Waals surface area (Å²) in [6.07, 6.45) is 15.5. The van der Waals surface area contributed by atoms with Crippen molar-refractivity contribution in [1.29, 1.82) is 0 Å². The molecule has 0 spiro atoms. The lowest BCUT2D eigenvalue weighted by atomic mass is 9.92. The summed E-state index contributed by atoms with van der Waals surface area (Å²) in [6, 6.07) is 8.77. The van der Waals surface area contributed by atoms with Crippen LogP contribution in [-0.4, -0.2) is 34.5 Å².